The van der Waals surface area contributed by atoms with Crippen LogP contribution in [0.2, 0.25) is 0 Å². The Morgan fingerprint density at radius 1 is 1.56 bits per heavy atom. The molecule has 9 heavy (non-hydrogen) atoms. The van der Waals surface area contributed by atoms with E-state index in [0.29, 0.717) is 0 Å². The smallest absolute Gasteiger partial charge is 0.165 e. The first-order chi connectivity index (χ1) is 3.98. The molecular formula is C4H3BrClF3. The SMILES string of the molecule is FC(F)(F)/C(Cl)=C/CBr. The van der Waals surface area contributed by atoms with Crippen molar-refractivity contribution in [3.63, 3.8) is 0 Å². The maximum absolute atomic E-state index is 11.4. The van der Waals surface area contributed by atoms with Gasteiger partial charge < -0.3 is 0 Å². The third-order valence-electron chi connectivity index (χ3n) is 0.527. The van der Waals surface area contributed by atoms with Crippen molar-refractivity contribution in [2.75, 3.05) is 5.33 Å². The largest absolute Gasteiger partial charge is 0.426 e. The zero-order valence-electron chi connectivity index (χ0n) is 4.17. The lowest BCUT2D eigenvalue weighted by Crippen LogP contribution is -2.06. The Labute approximate surface area is 63.8 Å². The zero-order valence-corrected chi connectivity index (χ0v) is 6.52. The minimum Gasteiger partial charge on any atom is -0.165 e. The lowest BCUT2D eigenvalue weighted by molar-refractivity contribution is -0.0846. The first-order valence-corrected chi connectivity index (χ1v) is 3.47. The Morgan fingerprint density at radius 3 is 2.11 bits per heavy atom. The van der Waals surface area contributed by atoms with Gasteiger partial charge in [-0.15, -0.1) is 0 Å². The molecule has 0 heterocycles. The fraction of sp³-hybridized carbons (Fsp3) is 0.500. The summed E-state index contributed by atoms with van der Waals surface area (Å²) in [7, 11) is 0. The number of alkyl halides is 4. The van der Waals surface area contributed by atoms with Gasteiger partial charge in [0.05, 0.1) is 0 Å². The highest BCUT2D eigenvalue weighted by molar-refractivity contribution is 9.09. The third-order valence-corrected chi connectivity index (χ3v) is 1.22. The third kappa shape index (κ3) is 3.81. The summed E-state index contributed by atoms with van der Waals surface area (Å²) in [5, 5.41) is -0.968. The average molecular weight is 223 g/mol. The van der Waals surface area contributed by atoms with Crippen molar-refractivity contribution >= 4 is 27.5 Å². The van der Waals surface area contributed by atoms with Crippen molar-refractivity contribution in [3.8, 4) is 0 Å². The molecule has 0 aromatic carbocycles. The molecule has 0 aliphatic carbocycles. The molecule has 0 bridgehead atoms. The molecule has 0 amide bonds. The second-order valence-electron chi connectivity index (χ2n) is 1.20. The van der Waals surface area contributed by atoms with Gasteiger partial charge in [-0.1, -0.05) is 33.6 Å². The average Bonchev–Trinajstić information content (AvgIpc) is 1.64. The number of rotatable bonds is 1. The van der Waals surface area contributed by atoms with E-state index in [4.69, 9.17) is 11.6 Å². The van der Waals surface area contributed by atoms with E-state index in [-0.39, 0.29) is 5.33 Å². The minimum absolute atomic E-state index is 0.116. The molecule has 5 heteroatoms. The van der Waals surface area contributed by atoms with Gasteiger partial charge in [-0.05, 0) is 0 Å². The van der Waals surface area contributed by atoms with Crippen LogP contribution in [0, 0.1) is 0 Å². The Morgan fingerprint density at radius 2 is 2.00 bits per heavy atom. The monoisotopic (exact) mass is 222 g/mol. The number of hydrogen-bond donors (Lipinski definition) is 0. The quantitative estimate of drug-likeness (QED) is 0.599. The van der Waals surface area contributed by atoms with E-state index in [1.165, 1.54) is 0 Å². The molecule has 0 aromatic heterocycles. The van der Waals surface area contributed by atoms with Crippen molar-refractivity contribution in [1.82, 2.24) is 0 Å². The van der Waals surface area contributed by atoms with Crippen LogP contribution in [-0.2, 0) is 0 Å². The fourth-order valence-corrected chi connectivity index (χ4v) is 0.771. The van der Waals surface area contributed by atoms with Gasteiger partial charge in [0.15, 0.2) is 0 Å². The molecule has 0 N–H and O–H groups in total. The molecule has 0 atom stereocenters. The van der Waals surface area contributed by atoms with Crippen molar-refractivity contribution < 1.29 is 13.2 Å². The van der Waals surface area contributed by atoms with Crippen molar-refractivity contribution in [2.45, 2.75) is 6.18 Å². The highest BCUT2D eigenvalue weighted by Gasteiger charge is 2.31. The standard InChI is InChI=1S/C4H3BrClF3/c5-2-1-3(6)4(7,8)9/h1H,2H2/b3-1-. The summed E-state index contributed by atoms with van der Waals surface area (Å²) in [6, 6.07) is 0. The van der Waals surface area contributed by atoms with E-state index >= 15 is 0 Å². The van der Waals surface area contributed by atoms with Gasteiger partial charge in [0, 0.05) is 5.33 Å². The van der Waals surface area contributed by atoms with E-state index in [9.17, 15) is 13.2 Å². The number of allylic oxidation sites excluding steroid dienone is 2. The van der Waals surface area contributed by atoms with Crippen LogP contribution >= 0.6 is 27.5 Å². The summed E-state index contributed by atoms with van der Waals surface area (Å²) in [4.78, 5) is 0. The summed E-state index contributed by atoms with van der Waals surface area (Å²) in [6.45, 7) is 0. The number of hydrogen-bond acceptors (Lipinski definition) is 0. The summed E-state index contributed by atoms with van der Waals surface area (Å²) in [5.41, 5.74) is 0. The topological polar surface area (TPSA) is 0 Å². The molecule has 0 aliphatic rings. The Kier molecular flexibility index (Phi) is 3.58. The molecule has 0 fully saturated rings. The molecule has 0 rings (SSSR count). The predicted octanol–water partition coefficient (Wildman–Crippen LogP) is 3.07. The van der Waals surface area contributed by atoms with Crippen LogP contribution in [0.15, 0.2) is 11.1 Å². The summed E-state index contributed by atoms with van der Waals surface area (Å²) in [6.07, 6.45) is -3.54. The molecule has 0 saturated heterocycles. The van der Waals surface area contributed by atoms with Crippen LogP contribution in [0.4, 0.5) is 13.2 Å². The van der Waals surface area contributed by atoms with Crippen LogP contribution in [0.25, 0.3) is 0 Å². The van der Waals surface area contributed by atoms with Gasteiger partial charge in [-0.3, -0.25) is 0 Å². The molecular weight excluding hydrogens is 220 g/mol. The van der Waals surface area contributed by atoms with Gasteiger partial charge in [0.2, 0.25) is 0 Å². The second kappa shape index (κ2) is 3.46. The van der Waals surface area contributed by atoms with Crippen LogP contribution < -0.4 is 0 Å². The Bertz CT molecular complexity index is 117. The molecule has 54 valence electrons. The van der Waals surface area contributed by atoms with Crippen LogP contribution in [-0.4, -0.2) is 11.5 Å². The van der Waals surface area contributed by atoms with Crippen molar-refractivity contribution in [2.24, 2.45) is 0 Å². The maximum Gasteiger partial charge on any atom is 0.426 e. The van der Waals surface area contributed by atoms with Gasteiger partial charge in [-0.25, -0.2) is 0 Å². The summed E-state index contributed by atoms with van der Waals surface area (Å²) >= 11 is 7.54. The molecule has 0 aromatic rings. The number of halogens is 5. The van der Waals surface area contributed by atoms with Gasteiger partial charge in [0.1, 0.15) is 5.03 Å². The fourth-order valence-electron chi connectivity index (χ4n) is 0.183. The molecule has 0 radical (unpaired) electrons. The second-order valence-corrected chi connectivity index (χ2v) is 2.26. The lowest BCUT2D eigenvalue weighted by Gasteiger charge is -2.01. The maximum atomic E-state index is 11.4. The van der Waals surface area contributed by atoms with Crippen molar-refractivity contribution in [3.05, 3.63) is 11.1 Å². The lowest BCUT2D eigenvalue weighted by atomic mass is 10.5. The molecule has 0 spiro atoms. The summed E-state index contributed by atoms with van der Waals surface area (Å²) in [5.74, 6) is 0. The predicted molar refractivity (Wildman–Crippen MR) is 33.8 cm³/mol. The van der Waals surface area contributed by atoms with Gasteiger partial charge in [-0.2, -0.15) is 13.2 Å². The highest BCUT2D eigenvalue weighted by Crippen LogP contribution is 2.28. The van der Waals surface area contributed by atoms with Crippen molar-refractivity contribution in [1.29, 1.82) is 0 Å². The molecule has 0 aliphatic heterocycles. The molecule has 0 unspecified atom stereocenters. The van der Waals surface area contributed by atoms with E-state index < -0.39 is 11.2 Å². The normalized spacial score (nSPS) is 14.1. The highest BCUT2D eigenvalue weighted by atomic mass is 79.9. The van der Waals surface area contributed by atoms with E-state index in [1.54, 1.807) is 0 Å². The summed E-state index contributed by atoms with van der Waals surface area (Å²) < 4.78 is 34.2. The first-order valence-electron chi connectivity index (χ1n) is 1.97. The van der Waals surface area contributed by atoms with Gasteiger partial charge >= 0.3 is 6.18 Å². The van der Waals surface area contributed by atoms with E-state index in [1.807, 2.05) is 0 Å². The van der Waals surface area contributed by atoms with E-state index in [2.05, 4.69) is 15.9 Å². The Balaban J connectivity index is 4.03. The van der Waals surface area contributed by atoms with Crippen LogP contribution in [0.1, 0.15) is 0 Å². The minimum atomic E-state index is -4.39. The Hall–Kier alpha value is 0.300. The molecule has 0 nitrogen and oxygen atoms in total. The first kappa shape index (κ1) is 9.30. The van der Waals surface area contributed by atoms with Crippen LogP contribution in [0.5, 0.6) is 0 Å². The van der Waals surface area contributed by atoms with Gasteiger partial charge in [0.25, 0.3) is 0 Å². The molecule has 0 saturated carbocycles. The van der Waals surface area contributed by atoms with E-state index in [0.717, 1.165) is 6.08 Å². The van der Waals surface area contributed by atoms with Crippen LogP contribution in [0.3, 0.4) is 0 Å². The zero-order chi connectivity index (χ0) is 7.49.